The minimum absolute atomic E-state index is 0.294. The van der Waals surface area contributed by atoms with Crippen LogP contribution in [0.5, 0.6) is 0 Å². The topological polar surface area (TPSA) is 47.8 Å². The molecule has 0 N–H and O–H groups in total. The molecule has 5 aliphatic carbocycles. The molecular formula is C22H31N3O. The van der Waals surface area contributed by atoms with Gasteiger partial charge in [-0.15, -0.1) is 23.4 Å². The highest BCUT2D eigenvalue weighted by atomic mass is 16.1. The highest BCUT2D eigenvalue weighted by molar-refractivity contribution is 5.79. The lowest BCUT2D eigenvalue weighted by Gasteiger charge is -2.56. The van der Waals surface area contributed by atoms with Crippen LogP contribution in [0.25, 0.3) is 0 Å². The van der Waals surface area contributed by atoms with Crippen LogP contribution in [0.15, 0.2) is 13.2 Å². The zero-order valence-electron chi connectivity index (χ0n) is 15.8. The highest BCUT2D eigenvalue weighted by Crippen LogP contribution is 2.61. The van der Waals surface area contributed by atoms with Crippen molar-refractivity contribution >= 4 is 5.78 Å². The molecule has 6 aliphatic rings. The number of carbonyl (C=O) groups is 1. The summed E-state index contributed by atoms with van der Waals surface area (Å²) in [7, 11) is 0. The Morgan fingerprint density at radius 3 is 2.19 bits per heavy atom. The van der Waals surface area contributed by atoms with Gasteiger partial charge in [-0.3, -0.25) is 4.79 Å². The molecule has 5 fully saturated rings. The Kier molecular flexibility index (Phi) is 3.88. The average Bonchev–Trinajstić information content (AvgIpc) is 3.08. The van der Waals surface area contributed by atoms with Crippen molar-refractivity contribution in [1.29, 1.82) is 0 Å². The highest BCUT2D eigenvalue weighted by Gasteiger charge is 2.55. The molecule has 1 aliphatic heterocycles. The molecule has 5 saturated carbocycles. The zero-order chi connectivity index (χ0) is 17.9. The van der Waals surface area contributed by atoms with Crippen LogP contribution in [0.3, 0.4) is 0 Å². The molecule has 0 aromatic carbocycles. The predicted octanol–water partition coefficient (Wildman–Crippen LogP) is 4.40. The third-order valence-electron chi connectivity index (χ3n) is 8.12. The Labute approximate surface area is 156 Å². The number of Topliss-reactive ketones (excluding diaryl/α,β-unsaturated/α-hetero) is 1. The van der Waals surface area contributed by atoms with Gasteiger partial charge in [-0.05, 0) is 75.0 Å². The average molecular weight is 354 g/mol. The second-order valence-electron chi connectivity index (χ2n) is 9.66. The maximum absolute atomic E-state index is 12.2. The number of aryl methyl sites for hydroxylation is 1. The van der Waals surface area contributed by atoms with E-state index in [2.05, 4.69) is 22.8 Å². The Balaban J connectivity index is 0.000000727. The normalized spacial score (nSPS) is 42.6. The maximum Gasteiger partial charge on any atom is 0.139 e. The zero-order valence-corrected chi connectivity index (χ0v) is 15.8. The van der Waals surface area contributed by atoms with Crippen molar-refractivity contribution in [1.82, 2.24) is 14.8 Å². The fraction of sp³-hybridized carbons (Fsp3) is 0.773. The first-order valence-electron chi connectivity index (χ1n) is 10.7. The van der Waals surface area contributed by atoms with Gasteiger partial charge in [0.05, 0.1) is 0 Å². The first kappa shape index (κ1) is 16.7. The Hall–Kier alpha value is -1.45. The van der Waals surface area contributed by atoms with Crippen molar-refractivity contribution in [2.75, 3.05) is 0 Å². The second kappa shape index (κ2) is 6.03. The molecule has 1 aromatic rings. The van der Waals surface area contributed by atoms with E-state index in [4.69, 9.17) is 5.10 Å². The summed E-state index contributed by atoms with van der Waals surface area (Å²) in [4.78, 5) is 12.2. The van der Waals surface area contributed by atoms with Crippen LogP contribution < -0.4 is 0 Å². The van der Waals surface area contributed by atoms with E-state index >= 15 is 0 Å². The standard InChI is InChI=1S/C20H27N3O.C2H4/c24-16-3-1-15-2-4-18-21-22-19(23(18)17(15)8-16)20-9-12-5-13(10-20)7-14(6-12)11-20;1-2/h12-15,17H,1-11H2;1-2H2. The van der Waals surface area contributed by atoms with Gasteiger partial charge in [0.25, 0.3) is 0 Å². The third-order valence-corrected chi connectivity index (χ3v) is 8.12. The number of aromatic nitrogens is 3. The van der Waals surface area contributed by atoms with Crippen LogP contribution >= 0.6 is 0 Å². The molecule has 1 aromatic heterocycles. The van der Waals surface area contributed by atoms with Gasteiger partial charge in [0.2, 0.25) is 0 Å². The van der Waals surface area contributed by atoms with Crippen molar-refractivity contribution in [3.05, 3.63) is 24.8 Å². The van der Waals surface area contributed by atoms with E-state index in [1.54, 1.807) is 0 Å². The van der Waals surface area contributed by atoms with Crippen LogP contribution in [-0.4, -0.2) is 20.5 Å². The molecule has 0 spiro atoms. The smallest absolute Gasteiger partial charge is 0.139 e. The van der Waals surface area contributed by atoms with E-state index in [9.17, 15) is 4.79 Å². The third kappa shape index (κ3) is 2.36. The van der Waals surface area contributed by atoms with Gasteiger partial charge < -0.3 is 4.57 Å². The Bertz CT molecular complexity index is 686. The molecule has 4 bridgehead atoms. The molecule has 0 saturated heterocycles. The molecule has 2 heterocycles. The summed E-state index contributed by atoms with van der Waals surface area (Å²) in [6.07, 6.45) is 13.3. The summed E-state index contributed by atoms with van der Waals surface area (Å²) in [5.74, 6) is 6.38. The van der Waals surface area contributed by atoms with Gasteiger partial charge in [-0.1, -0.05) is 0 Å². The van der Waals surface area contributed by atoms with E-state index in [0.717, 1.165) is 43.4 Å². The lowest BCUT2D eigenvalue weighted by Crippen LogP contribution is -2.50. The van der Waals surface area contributed by atoms with Crippen molar-refractivity contribution in [2.24, 2.45) is 23.7 Å². The summed E-state index contributed by atoms with van der Waals surface area (Å²) in [6.45, 7) is 6.00. The molecule has 140 valence electrons. The van der Waals surface area contributed by atoms with E-state index in [-0.39, 0.29) is 0 Å². The molecule has 0 radical (unpaired) electrons. The number of hydrogen-bond donors (Lipinski definition) is 0. The van der Waals surface area contributed by atoms with Gasteiger partial charge in [-0.25, -0.2) is 0 Å². The Morgan fingerprint density at radius 1 is 0.923 bits per heavy atom. The van der Waals surface area contributed by atoms with Crippen molar-refractivity contribution in [3.63, 3.8) is 0 Å². The Morgan fingerprint density at radius 2 is 1.54 bits per heavy atom. The number of ketones is 1. The van der Waals surface area contributed by atoms with Gasteiger partial charge in [0.15, 0.2) is 0 Å². The molecular weight excluding hydrogens is 322 g/mol. The van der Waals surface area contributed by atoms with Gasteiger partial charge in [-0.2, -0.15) is 0 Å². The summed E-state index contributed by atoms with van der Waals surface area (Å²) >= 11 is 0. The number of hydrogen-bond acceptors (Lipinski definition) is 3. The predicted molar refractivity (Wildman–Crippen MR) is 101 cm³/mol. The van der Waals surface area contributed by atoms with Crippen molar-refractivity contribution in [2.45, 2.75) is 82.1 Å². The summed E-state index contributed by atoms with van der Waals surface area (Å²) in [5, 5.41) is 9.44. The summed E-state index contributed by atoms with van der Waals surface area (Å²) in [5.41, 5.74) is 0.294. The summed E-state index contributed by atoms with van der Waals surface area (Å²) in [6, 6.07) is 0.369. The SMILES string of the molecule is C=C.O=C1CCC2CCc3nnc(C45CC6CC(CC(C6)C4)C5)n3C2C1. The van der Waals surface area contributed by atoms with Gasteiger partial charge in [0, 0.05) is 30.7 Å². The van der Waals surface area contributed by atoms with Crippen LogP contribution in [0.2, 0.25) is 0 Å². The second-order valence-corrected chi connectivity index (χ2v) is 9.66. The number of carbonyl (C=O) groups excluding carboxylic acids is 1. The molecule has 26 heavy (non-hydrogen) atoms. The first-order chi connectivity index (χ1) is 12.7. The minimum Gasteiger partial charge on any atom is -0.311 e. The monoisotopic (exact) mass is 353 g/mol. The summed E-state index contributed by atoms with van der Waals surface area (Å²) < 4.78 is 2.50. The lowest BCUT2D eigenvalue weighted by atomic mass is 9.49. The fourth-order valence-corrected chi connectivity index (χ4v) is 7.58. The maximum atomic E-state index is 12.2. The van der Waals surface area contributed by atoms with Crippen LogP contribution in [0.4, 0.5) is 0 Å². The van der Waals surface area contributed by atoms with E-state index in [1.165, 1.54) is 56.6 Å². The molecule has 4 heteroatoms. The molecule has 7 rings (SSSR count). The lowest BCUT2D eigenvalue weighted by molar-refractivity contribution is -0.122. The van der Waals surface area contributed by atoms with Crippen molar-refractivity contribution < 1.29 is 4.79 Å². The van der Waals surface area contributed by atoms with E-state index in [1.807, 2.05) is 0 Å². The number of fused-ring (bicyclic) bond motifs is 3. The van der Waals surface area contributed by atoms with Gasteiger partial charge in [0.1, 0.15) is 17.4 Å². The van der Waals surface area contributed by atoms with E-state index in [0.29, 0.717) is 23.2 Å². The largest absolute Gasteiger partial charge is 0.311 e. The molecule has 2 unspecified atom stereocenters. The van der Waals surface area contributed by atoms with Crippen LogP contribution in [0, 0.1) is 23.7 Å². The fourth-order valence-electron chi connectivity index (χ4n) is 7.58. The number of rotatable bonds is 1. The number of nitrogens with zero attached hydrogens (tertiary/aromatic N) is 3. The molecule has 2 atom stereocenters. The first-order valence-corrected chi connectivity index (χ1v) is 10.7. The van der Waals surface area contributed by atoms with Crippen LogP contribution in [0.1, 0.15) is 81.9 Å². The minimum atomic E-state index is 0.294. The molecule has 4 nitrogen and oxygen atoms in total. The quantitative estimate of drug-likeness (QED) is 0.703. The van der Waals surface area contributed by atoms with Gasteiger partial charge >= 0.3 is 0 Å². The van der Waals surface area contributed by atoms with Crippen molar-refractivity contribution in [3.8, 4) is 0 Å². The van der Waals surface area contributed by atoms with Crippen LogP contribution in [-0.2, 0) is 16.6 Å². The molecule has 0 amide bonds. The van der Waals surface area contributed by atoms with E-state index < -0.39 is 0 Å².